The Bertz CT molecular complexity index is 670. The molecule has 0 spiro atoms. The number of thiophene rings is 1. The van der Waals surface area contributed by atoms with Crippen molar-refractivity contribution >= 4 is 33.0 Å². The predicted octanol–water partition coefficient (Wildman–Crippen LogP) is 2.38. The SMILES string of the molecule is NCc1ccc(S(=O)(=O)NCCc2cccs2)cc1Cl. The molecular weight excluding hydrogens is 316 g/mol. The molecule has 7 heteroatoms. The first-order chi connectivity index (χ1) is 9.53. The van der Waals surface area contributed by atoms with Crippen molar-refractivity contribution in [1.82, 2.24) is 4.72 Å². The molecule has 108 valence electrons. The second-order valence-corrected chi connectivity index (χ2v) is 7.39. The first kappa shape index (κ1) is 15.5. The van der Waals surface area contributed by atoms with Gasteiger partial charge in [0.05, 0.1) is 4.90 Å². The smallest absolute Gasteiger partial charge is 0.240 e. The molecule has 0 radical (unpaired) electrons. The highest BCUT2D eigenvalue weighted by molar-refractivity contribution is 7.89. The molecular formula is C13H15ClN2O2S2. The van der Waals surface area contributed by atoms with Crippen molar-refractivity contribution in [2.75, 3.05) is 6.54 Å². The van der Waals surface area contributed by atoms with E-state index in [4.69, 9.17) is 17.3 Å². The summed E-state index contributed by atoms with van der Waals surface area (Å²) in [7, 11) is -3.53. The largest absolute Gasteiger partial charge is 0.326 e. The summed E-state index contributed by atoms with van der Waals surface area (Å²) in [5.41, 5.74) is 6.22. The zero-order chi connectivity index (χ0) is 14.6. The van der Waals surface area contributed by atoms with Crippen LogP contribution in [-0.2, 0) is 23.0 Å². The van der Waals surface area contributed by atoms with Gasteiger partial charge in [-0.05, 0) is 35.6 Å². The molecule has 1 heterocycles. The lowest BCUT2D eigenvalue weighted by molar-refractivity contribution is 0.582. The fraction of sp³-hybridized carbons (Fsp3) is 0.231. The minimum atomic E-state index is -3.53. The molecule has 1 aromatic heterocycles. The van der Waals surface area contributed by atoms with Crippen LogP contribution in [0.2, 0.25) is 5.02 Å². The van der Waals surface area contributed by atoms with Crippen molar-refractivity contribution in [1.29, 1.82) is 0 Å². The minimum Gasteiger partial charge on any atom is -0.326 e. The Morgan fingerprint density at radius 1 is 1.30 bits per heavy atom. The molecule has 2 rings (SSSR count). The van der Waals surface area contributed by atoms with Crippen LogP contribution in [0.1, 0.15) is 10.4 Å². The Morgan fingerprint density at radius 3 is 2.70 bits per heavy atom. The molecule has 0 bridgehead atoms. The number of rotatable bonds is 6. The van der Waals surface area contributed by atoms with E-state index in [9.17, 15) is 8.42 Å². The number of sulfonamides is 1. The molecule has 0 amide bonds. The van der Waals surface area contributed by atoms with Crippen molar-refractivity contribution in [3.63, 3.8) is 0 Å². The number of hydrogen-bond donors (Lipinski definition) is 2. The van der Waals surface area contributed by atoms with Crippen molar-refractivity contribution in [3.05, 3.63) is 51.2 Å². The topological polar surface area (TPSA) is 72.2 Å². The summed E-state index contributed by atoms with van der Waals surface area (Å²) in [6.07, 6.45) is 0.672. The lowest BCUT2D eigenvalue weighted by Gasteiger charge is -2.08. The standard InChI is InChI=1S/C13H15ClN2O2S2/c14-13-8-12(4-3-10(13)9-15)20(17,18)16-6-5-11-2-1-7-19-11/h1-4,7-8,16H,5-6,9,15H2. The summed E-state index contributed by atoms with van der Waals surface area (Å²) in [5, 5.41) is 2.34. The van der Waals surface area contributed by atoms with Crippen molar-refractivity contribution < 1.29 is 8.42 Å². The summed E-state index contributed by atoms with van der Waals surface area (Å²) in [6.45, 7) is 0.643. The number of halogens is 1. The van der Waals surface area contributed by atoms with Crippen LogP contribution in [-0.4, -0.2) is 15.0 Å². The number of nitrogens with one attached hydrogen (secondary N) is 1. The van der Waals surface area contributed by atoms with E-state index < -0.39 is 10.0 Å². The Labute approximate surface area is 127 Å². The molecule has 0 aliphatic carbocycles. The average molecular weight is 331 g/mol. The lowest BCUT2D eigenvalue weighted by atomic mass is 10.2. The maximum atomic E-state index is 12.1. The van der Waals surface area contributed by atoms with Crippen LogP contribution in [0.15, 0.2) is 40.6 Å². The van der Waals surface area contributed by atoms with E-state index in [0.717, 1.165) is 10.4 Å². The van der Waals surface area contributed by atoms with Crippen LogP contribution >= 0.6 is 22.9 Å². The highest BCUT2D eigenvalue weighted by Gasteiger charge is 2.15. The molecule has 0 saturated carbocycles. The van der Waals surface area contributed by atoms with Gasteiger partial charge in [-0.3, -0.25) is 0 Å². The Hall–Kier alpha value is -0.920. The van der Waals surface area contributed by atoms with Gasteiger partial charge in [-0.1, -0.05) is 23.7 Å². The fourth-order valence-electron chi connectivity index (χ4n) is 1.71. The van der Waals surface area contributed by atoms with Gasteiger partial charge < -0.3 is 5.73 Å². The van der Waals surface area contributed by atoms with Crippen molar-refractivity contribution in [2.45, 2.75) is 17.9 Å². The van der Waals surface area contributed by atoms with E-state index in [-0.39, 0.29) is 11.4 Å². The molecule has 20 heavy (non-hydrogen) atoms. The van der Waals surface area contributed by atoms with E-state index >= 15 is 0 Å². The zero-order valence-electron chi connectivity index (χ0n) is 10.7. The average Bonchev–Trinajstić information content (AvgIpc) is 2.91. The zero-order valence-corrected chi connectivity index (χ0v) is 13.1. The molecule has 2 aromatic rings. The van der Waals surface area contributed by atoms with Crippen molar-refractivity contribution in [3.8, 4) is 0 Å². The summed E-state index contributed by atoms with van der Waals surface area (Å²) < 4.78 is 26.8. The molecule has 0 aliphatic rings. The van der Waals surface area contributed by atoms with Crippen LogP contribution in [0.4, 0.5) is 0 Å². The van der Waals surface area contributed by atoms with Gasteiger partial charge in [0.15, 0.2) is 0 Å². The molecule has 0 fully saturated rings. The monoisotopic (exact) mass is 330 g/mol. The Kier molecular flexibility index (Phi) is 5.17. The number of benzene rings is 1. The molecule has 1 aromatic carbocycles. The highest BCUT2D eigenvalue weighted by Crippen LogP contribution is 2.20. The summed E-state index contributed by atoms with van der Waals surface area (Å²) in [6, 6.07) is 8.50. The van der Waals surface area contributed by atoms with E-state index in [1.165, 1.54) is 12.1 Å². The van der Waals surface area contributed by atoms with Gasteiger partial charge in [-0.25, -0.2) is 13.1 Å². The predicted molar refractivity (Wildman–Crippen MR) is 82.6 cm³/mol. The normalized spacial score (nSPS) is 11.7. The maximum absolute atomic E-state index is 12.1. The van der Waals surface area contributed by atoms with Gasteiger partial charge in [-0.2, -0.15) is 0 Å². The Balaban J connectivity index is 2.04. The molecule has 0 saturated heterocycles. The lowest BCUT2D eigenvalue weighted by Crippen LogP contribution is -2.25. The van der Waals surface area contributed by atoms with Gasteiger partial charge in [0.25, 0.3) is 0 Å². The number of nitrogens with two attached hydrogens (primary N) is 1. The molecule has 0 atom stereocenters. The van der Waals surface area contributed by atoms with Gasteiger partial charge >= 0.3 is 0 Å². The summed E-state index contributed by atoms with van der Waals surface area (Å²) in [4.78, 5) is 1.30. The maximum Gasteiger partial charge on any atom is 0.240 e. The van der Waals surface area contributed by atoms with Crippen LogP contribution < -0.4 is 10.5 Å². The first-order valence-electron chi connectivity index (χ1n) is 6.03. The second-order valence-electron chi connectivity index (χ2n) is 4.18. The first-order valence-corrected chi connectivity index (χ1v) is 8.77. The summed E-state index contributed by atoms with van der Waals surface area (Å²) in [5.74, 6) is 0. The third-order valence-electron chi connectivity index (χ3n) is 2.80. The van der Waals surface area contributed by atoms with E-state index in [0.29, 0.717) is 18.0 Å². The fourth-order valence-corrected chi connectivity index (χ4v) is 3.80. The van der Waals surface area contributed by atoms with Gasteiger partial charge in [0.2, 0.25) is 10.0 Å². The van der Waals surface area contributed by atoms with E-state index in [1.54, 1.807) is 17.4 Å². The van der Waals surface area contributed by atoms with Crippen molar-refractivity contribution in [2.24, 2.45) is 5.73 Å². The molecule has 0 unspecified atom stereocenters. The molecule has 0 aliphatic heterocycles. The third kappa shape index (κ3) is 3.80. The van der Waals surface area contributed by atoms with Crippen LogP contribution in [0, 0.1) is 0 Å². The Morgan fingerprint density at radius 2 is 2.10 bits per heavy atom. The highest BCUT2D eigenvalue weighted by atomic mass is 35.5. The quantitative estimate of drug-likeness (QED) is 0.854. The van der Waals surface area contributed by atoms with E-state index in [2.05, 4.69) is 4.72 Å². The van der Waals surface area contributed by atoms with Crippen LogP contribution in [0.5, 0.6) is 0 Å². The molecule has 4 nitrogen and oxygen atoms in total. The number of hydrogen-bond acceptors (Lipinski definition) is 4. The third-order valence-corrected chi connectivity index (χ3v) is 5.55. The minimum absolute atomic E-state index is 0.158. The summed E-state index contributed by atoms with van der Waals surface area (Å²) >= 11 is 7.59. The second kappa shape index (κ2) is 6.69. The van der Waals surface area contributed by atoms with E-state index in [1.807, 2.05) is 17.5 Å². The van der Waals surface area contributed by atoms with Gasteiger partial charge in [0.1, 0.15) is 0 Å². The molecule has 3 N–H and O–H groups in total. The van der Waals surface area contributed by atoms with Gasteiger partial charge in [0, 0.05) is 23.0 Å². The van der Waals surface area contributed by atoms with Crippen LogP contribution in [0.3, 0.4) is 0 Å². The van der Waals surface area contributed by atoms with Gasteiger partial charge in [-0.15, -0.1) is 11.3 Å². The van der Waals surface area contributed by atoms with Crippen LogP contribution in [0.25, 0.3) is 0 Å².